The zero-order valence-corrected chi connectivity index (χ0v) is 19.2. The van der Waals surface area contributed by atoms with Crippen LogP contribution in [0.3, 0.4) is 0 Å². The summed E-state index contributed by atoms with van der Waals surface area (Å²) in [5.41, 5.74) is 2.59. The van der Waals surface area contributed by atoms with Crippen molar-refractivity contribution in [1.82, 2.24) is 0 Å². The van der Waals surface area contributed by atoms with Crippen molar-refractivity contribution in [1.29, 1.82) is 0 Å². The normalized spacial score (nSPS) is 14.4. The summed E-state index contributed by atoms with van der Waals surface area (Å²) in [6, 6.07) is 19.1. The van der Waals surface area contributed by atoms with Gasteiger partial charge in [0.1, 0.15) is 12.4 Å². The molecule has 28 heavy (non-hydrogen) atoms. The van der Waals surface area contributed by atoms with Gasteiger partial charge in [-0.3, -0.25) is 4.79 Å². The summed E-state index contributed by atoms with van der Waals surface area (Å²) in [7, 11) is 0. The number of Topliss-reactive ketones (excluding diaryl/α,β-unsaturated/α-hetero) is 1. The number of carbonyl (C=O) groups excluding carboxylic acids is 1. The summed E-state index contributed by atoms with van der Waals surface area (Å²) in [5.74, 6) is 0.732. The Hall–Kier alpha value is -1.53. The average molecular weight is 537 g/mol. The fourth-order valence-corrected chi connectivity index (χ4v) is 5.39. The van der Waals surface area contributed by atoms with E-state index in [-0.39, 0.29) is 5.78 Å². The van der Waals surface area contributed by atoms with Crippen LogP contribution in [0.5, 0.6) is 5.75 Å². The molecule has 0 saturated heterocycles. The molecule has 0 aliphatic carbocycles. The first-order valence-electron chi connectivity index (χ1n) is 8.41. The van der Waals surface area contributed by atoms with Gasteiger partial charge in [0.2, 0.25) is 5.78 Å². The molecule has 0 bridgehead atoms. The van der Waals surface area contributed by atoms with Crippen molar-refractivity contribution in [2.45, 2.75) is 11.5 Å². The second kappa shape index (κ2) is 8.46. The van der Waals surface area contributed by atoms with Crippen LogP contribution in [-0.4, -0.2) is 5.78 Å². The Kier molecular flexibility index (Phi) is 5.97. The monoisotopic (exact) mass is 534 g/mol. The van der Waals surface area contributed by atoms with Crippen LogP contribution in [0.2, 0.25) is 5.02 Å². The minimum Gasteiger partial charge on any atom is -0.487 e. The molecule has 3 aromatic rings. The third kappa shape index (κ3) is 4.23. The summed E-state index contributed by atoms with van der Waals surface area (Å²) >= 11 is 14.5. The Morgan fingerprint density at radius 1 is 1.04 bits per heavy atom. The Bertz CT molecular complexity index is 1090. The van der Waals surface area contributed by atoms with Crippen molar-refractivity contribution in [3.63, 3.8) is 0 Å². The van der Waals surface area contributed by atoms with Gasteiger partial charge in [0.05, 0.1) is 9.38 Å². The summed E-state index contributed by atoms with van der Waals surface area (Å²) in [6.45, 7) is 0.398. The van der Waals surface area contributed by atoms with Gasteiger partial charge >= 0.3 is 0 Å². The van der Waals surface area contributed by atoms with Crippen LogP contribution in [0.4, 0.5) is 0 Å². The highest BCUT2D eigenvalue weighted by atomic mass is 79.9. The van der Waals surface area contributed by atoms with Gasteiger partial charge in [-0.25, -0.2) is 0 Å². The first-order valence-corrected chi connectivity index (χ1v) is 11.2. The molecule has 0 unspecified atom stereocenters. The fraction of sp³-hybridized carbons (Fsp3) is 0.0455. The van der Waals surface area contributed by atoms with E-state index in [4.69, 9.17) is 16.3 Å². The topological polar surface area (TPSA) is 26.3 Å². The van der Waals surface area contributed by atoms with E-state index in [1.165, 1.54) is 11.8 Å². The molecule has 0 radical (unpaired) electrons. The number of fused-ring (bicyclic) bond motifs is 1. The molecule has 4 rings (SSSR count). The van der Waals surface area contributed by atoms with E-state index in [1.54, 1.807) is 0 Å². The lowest BCUT2D eigenvalue weighted by Crippen LogP contribution is -1.99. The Balaban J connectivity index is 1.66. The summed E-state index contributed by atoms with van der Waals surface area (Å²) in [5, 5.41) is 0.690. The molecule has 0 fully saturated rings. The molecule has 0 spiro atoms. The molecule has 140 valence electrons. The highest BCUT2D eigenvalue weighted by Gasteiger charge is 2.25. The number of halogens is 3. The minimum atomic E-state index is 0.0420. The molecule has 2 nitrogen and oxygen atoms in total. The van der Waals surface area contributed by atoms with Gasteiger partial charge in [0.15, 0.2) is 0 Å². The van der Waals surface area contributed by atoms with Crippen molar-refractivity contribution in [3.8, 4) is 5.75 Å². The number of ether oxygens (including phenoxy) is 1. The quantitative estimate of drug-likeness (QED) is 0.319. The first-order chi connectivity index (χ1) is 13.5. The molecule has 1 aliphatic heterocycles. The highest BCUT2D eigenvalue weighted by Crippen LogP contribution is 2.43. The lowest BCUT2D eigenvalue weighted by Gasteiger charge is -2.13. The zero-order chi connectivity index (χ0) is 19.7. The minimum absolute atomic E-state index is 0.0420. The number of rotatable bonds is 4. The van der Waals surface area contributed by atoms with E-state index < -0.39 is 0 Å². The molecule has 1 heterocycles. The van der Waals surface area contributed by atoms with Crippen LogP contribution in [0.1, 0.15) is 21.5 Å². The van der Waals surface area contributed by atoms with Crippen LogP contribution in [0.25, 0.3) is 6.08 Å². The smallest absolute Gasteiger partial charge is 0.200 e. The van der Waals surface area contributed by atoms with Crippen LogP contribution < -0.4 is 4.74 Å². The van der Waals surface area contributed by atoms with Crippen molar-refractivity contribution >= 4 is 67.1 Å². The standard InChI is InChI=1S/C22H13Br2ClO2S/c23-15-9-14(10-20-21(26)17-3-1-2-4-19(17)28-20)22(18(24)11-15)27-12-13-5-7-16(25)8-6-13/h1-11H,12H2/b20-10-. The number of thioether (sulfide) groups is 1. The summed E-state index contributed by atoms with van der Waals surface area (Å²) in [4.78, 5) is 14.4. The molecular weight excluding hydrogens is 524 g/mol. The second-order valence-corrected chi connectivity index (χ2v) is 9.45. The maximum absolute atomic E-state index is 12.7. The summed E-state index contributed by atoms with van der Waals surface area (Å²) in [6.07, 6.45) is 1.89. The van der Waals surface area contributed by atoms with Gasteiger partial charge in [-0.15, -0.1) is 0 Å². The molecule has 0 amide bonds. The number of benzene rings is 3. The van der Waals surface area contributed by atoms with E-state index >= 15 is 0 Å². The highest BCUT2D eigenvalue weighted by molar-refractivity contribution is 9.11. The van der Waals surface area contributed by atoms with Gasteiger partial charge in [-0.05, 0) is 64.0 Å². The predicted octanol–water partition coefficient (Wildman–Crippen LogP) is 7.77. The van der Waals surface area contributed by atoms with E-state index in [0.717, 1.165) is 30.5 Å². The number of allylic oxidation sites excluding steroid dienone is 1. The Morgan fingerprint density at radius 2 is 1.79 bits per heavy atom. The maximum Gasteiger partial charge on any atom is 0.200 e. The fourth-order valence-electron chi connectivity index (χ4n) is 2.85. The Labute approximate surface area is 189 Å². The van der Waals surface area contributed by atoms with Gasteiger partial charge in [0.25, 0.3) is 0 Å². The Morgan fingerprint density at radius 3 is 2.54 bits per heavy atom. The van der Waals surface area contributed by atoms with Crippen LogP contribution >= 0.6 is 55.2 Å². The molecule has 0 aromatic heterocycles. The van der Waals surface area contributed by atoms with Crippen molar-refractivity contribution in [2.24, 2.45) is 0 Å². The van der Waals surface area contributed by atoms with Gasteiger partial charge in [-0.2, -0.15) is 0 Å². The largest absolute Gasteiger partial charge is 0.487 e. The molecule has 1 aliphatic rings. The van der Waals surface area contributed by atoms with E-state index in [2.05, 4.69) is 31.9 Å². The molecule has 0 saturated carbocycles. The maximum atomic E-state index is 12.7. The number of hydrogen-bond donors (Lipinski definition) is 0. The molecule has 6 heteroatoms. The average Bonchev–Trinajstić information content (AvgIpc) is 2.98. The van der Waals surface area contributed by atoms with Crippen LogP contribution in [0.15, 0.2) is 79.4 Å². The van der Waals surface area contributed by atoms with E-state index in [1.807, 2.05) is 66.7 Å². The van der Waals surface area contributed by atoms with Crippen LogP contribution in [-0.2, 0) is 6.61 Å². The second-order valence-electron chi connectivity index (χ2n) is 6.16. The van der Waals surface area contributed by atoms with Crippen molar-refractivity contribution < 1.29 is 9.53 Å². The number of carbonyl (C=O) groups is 1. The summed E-state index contributed by atoms with van der Waals surface area (Å²) < 4.78 is 7.81. The lowest BCUT2D eigenvalue weighted by atomic mass is 10.1. The zero-order valence-electron chi connectivity index (χ0n) is 14.4. The van der Waals surface area contributed by atoms with Crippen LogP contribution in [0, 0.1) is 0 Å². The predicted molar refractivity (Wildman–Crippen MR) is 122 cm³/mol. The van der Waals surface area contributed by atoms with Gasteiger partial charge in [-0.1, -0.05) is 63.6 Å². The molecular formula is C22H13Br2ClO2S. The van der Waals surface area contributed by atoms with Crippen molar-refractivity contribution in [2.75, 3.05) is 0 Å². The third-order valence-corrected chi connectivity index (χ3v) is 6.59. The van der Waals surface area contributed by atoms with Gasteiger partial charge in [0, 0.05) is 25.5 Å². The molecule has 0 N–H and O–H groups in total. The SMILES string of the molecule is O=C1/C(=C/c2cc(Br)cc(Br)c2OCc2ccc(Cl)cc2)Sc2ccccc21. The van der Waals surface area contributed by atoms with Gasteiger partial charge < -0.3 is 4.74 Å². The third-order valence-electron chi connectivity index (χ3n) is 4.20. The molecule has 0 atom stereocenters. The van der Waals surface area contributed by atoms with E-state index in [9.17, 15) is 4.79 Å². The molecule has 3 aromatic carbocycles. The lowest BCUT2D eigenvalue weighted by molar-refractivity contribution is 0.104. The van der Waals surface area contributed by atoms with Crippen molar-refractivity contribution in [3.05, 3.63) is 96.2 Å². The number of ketones is 1. The number of hydrogen-bond acceptors (Lipinski definition) is 3. The van der Waals surface area contributed by atoms with E-state index in [0.29, 0.717) is 22.3 Å². The first kappa shape index (κ1) is 19.8.